The molecular weight excluding hydrogens is 242 g/mol. The van der Waals surface area contributed by atoms with E-state index in [4.69, 9.17) is 0 Å². The van der Waals surface area contributed by atoms with Gasteiger partial charge in [-0.3, -0.25) is 14.7 Å². The fourth-order valence-electron chi connectivity index (χ4n) is 1.95. The number of hydrogen-bond acceptors (Lipinski definition) is 3. The second kappa shape index (κ2) is 4.45. The van der Waals surface area contributed by atoms with E-state index in [-0.39, 0.29) is 21.9 Å². The first-order valence-electron chi connectivity index (χ1n) is 5.81. The van der Waals surface area contributed by atoms with Crippen molar-refractivity contribution in [1.82, 2.24) is 10.2 Å². The van der Waals surface area contributed by atoms with E-state index in [2.05, 4.69) is 15.5 Å². The molecule has 2 aliphatic rings. The largest absolute Gasteiger partial charge is 0.352 e. The Morgan fingerprint density at radius 1 is 1.00 bits per heavy atom. The van der Waals surface area contributed by atoms with Crippen molar-refractivity contribution in [3.8, 4) is 0 Å². The summed E-state index contributed by atoms with van der Waals surface area (Å²) in [6, 6.07) is 12.2. The number of H-pyrrole nitrogens is 2. The molecule has 0 atom stereocenters. The lowest BCUT2D eigenvalue weighted by Gasteiger charge is -2.04. The third-order valence-corrected chi connectivity index (χ3v) is 2.87. The maximum absolute atomic E-state index is 12.2. The molecule has 0 radical (unpaired) electrons. The summed E-state index contributed by atoms with van der Waals surface area (Å²) in [7, 11) is 0. The number of benzene rings is 1. The van der Waals surface area contributed by atoms with Crippen LogP contribution in [0.4, 0.5) is 11.4 Å². The molecule has 1 aromatic carbocycles. The van der Waals surface area contributed by atoms with Gasteiger partial charge in [-0.05, 0) is 18.2 Å². The lowest BCUT2D eigenvalue weighted by Crippen LogP contribution is -2.18. The molecule has 0 bridgehead atoms. The minimum Gasteiger partial charge on any atom is -0.352 e. The molecule has 94 valence electrons. The molecule has 3 rings (SSSR count). The Morgan fingerprint density at radius 3 is 2.58 bits per heavy atom. The smallest absolute Gasteiger partial charge is 0.227 e. The molecule has 1 aliphatic heterocycles. The zero-order valence-electron chi connectivity index (χ0n) is 9.94. The van der Waals surface area contributed by atoms with Crippen LogP contribution in [0.5, 0.6) is 0 Å². The third-order valence-electron chi connectivity index (χ3n) is 2.87. The Balaban J connectivity index is 2.22. The van der Waals surface area contributed by atoms with Crippen molar-refractivity contribution in [3.05, 3.63) is 79.7 Å². The van der Waals surface area contributed by atoms with Crippen LogP contribution in [0.15, 0.2) is 58.3 Å². The Morgan fingerprint density at radius 2 is 1.79 bits per heavy atom. The summed E-state index contributed by atoms with van der Waals surface area (Å²) in [5, 5.41) is 9.02. The summed E-state index contributed by atoms with van der Waals surface area (Å²) >= 11 is 0. The van der Waals surface area contributed by atoms with Gasteiger partial charge in [0, 0.05) is 18.0 Å². The molecular formula is C14H11N3O2. The number of hydrogen-bond donors (Lipinski definition) is 3. The molecule has 0 spiro atoms. The predicted octanol–water partition coefficient (Wildman–Crippen LogP) is 1.53. The van der Waals surface area contributed by atoms with Crippen molar-refractivity contribution >= 4 is 11.4 Å². The number of rotatable bonds is 2. The molecule has 5 nitrogen and oxygen atoms in total. The van der Waals surface area contributed by atoms with Gasteiger partial charge in [0.05, 0.1) is 10.9 Å². The zero-order valence-corrected chi connectivity index (χ0v) is 9.94. The highest BCUT2D eigenvalue weighted by molar-refractivity contribution is 5.58. The van der Waals surface area contributed by atoms with Crippen LogP contribution in [0.1, 0.15) is 0 Å². The van der Waals surface area contributed by atoms with E-state index >= 15 is 0 Å². The Bertz CT molecular complexity index is 881. The van der Waals surface area contributed by atoms with Gasteiger partial charge in [0.15, 0.2) is 5.43 Å². The van der Waals surface area contributed by atoms with Gasteiger partial charge in [0.25, 0.3) is 0 Å². The number of aromatic amines is 2. The topological polar surface area (TPSA) is 77.8 Å². The highest BCUT2D eigenvalue weighted by Crippen LogP contribution is 2.10. The zero-order chi connectivity index (χ0) is 13.2. The van der Waals surface area contributed by atoms with E-state index in [1.807, 2.05) is 30.3 Å². The third kappa shape index (κ3) is 2.01. The minimum atomic E-state index is -0.240. The predicted molar refractivity (Wildman–Crippen MR) is 72.7 cm³/mol. The summed E-state index contributed by atoms with van der Waals surface area (Å²) < 4.78 is 0. The van der Waals surface area contributed by atoms with Crippen LogP contribution < -0.4 is 16.2 Å². The van der Waals surface area contributed by atoms with E-state index in [0.29, 0.717) is 5.22 Å². The summed E-state index contributed by atoms with van der Waals surface area (Å²) in [4.78, 5) is 24.2. The van der Waals surface area contributed by atoms with Crippen LogP contribution in [0.25, 0.3) is 0 Å². The highest BCUT2D eigenvalue weighted by atomic mass is 16.1. The number of para-hydroxylation sites is 1. The Hall–Kier alpha value is -2.82. The maximum Gasteiger partial charge on any atom is 0.227 e. The van der Waals surface area contributed by atoms with Crippen molar-refractivity contribution in [2.75, 3.05) is 5.32 Å². The fraction of sp³-hybridized carbons (Fsp3) is 0. The normalized spacial score (nSPS) is 10.5. The van der Waals surface area contributed by atoms with E-state index in [1.54, 1.807) is 12.3 Å². The minimum absolute atomic E-state index is 0.196. The SMILES string of the molecule is O=c1cc(Nc2ccccc2)c(=O)c2[nH][nH]ccc1=2. The summed E-state index contributed by atoms with van der Waals surface area (Å²) in [6.45, 7) is 0. The molecule has 0 saturated heterocycles. The molecule has 3 N–H and O–H groups in total. The average molecular weight is 253 g/mol. The number of anilines is 2. The van der Waals surface area contributed by atoms with Crippen LogP contribution in [0.3, 0.4) is 0 Å². The number of nitrogens with one attached hydrogen (secondary N) is 3. The quantitative estimate of drug-likeness (QED) is 0.648. The molecule has 1 heterocycles. The van der Waals surface area contributed by atoms with Gasteiger partial charge >= 0.3 is 0 Å². The van der Waals surface area contributed by atoms with E-state index < -0.39 is 0 Å². The van der Waals surface area contributed by atoms with Gasteiger partial charge in [0.2, 0.25) is 5.43 Å². The summed E-state index contributed by atoms with van der Waals surface area (Å²) in [5.41, 5.74) is 0.589. The molecule has 1 aliphatic carbocycles. The van der Waals surface area contributed by atoms with Crippen LogP contribution in [0, 0.1) is 10.6 Å². The lowest BCUT2D eigenvalue weighted by atomic mass is 10.2. The van der Waals surface area contributed by atoms with E-state index in [0.717, 1.165) is 5.69 Å². The van der Waals surface area contributed by atoms with Gasteiger partial charge in [-0.25, -0.2) is 0 Å². The van der Waals surface area contributed by atoms with Crippen molar-refractivity contribution in [1.29, 1.82) is 0 Å². The summed E-state index contributed by atoms with van der Waals surface area (Å²) in [5.74, 6) is 0. The highest BCUT2D eigenvalue weighted by Gasteiger charge is 2.06. The first kappa shape index (κ1) is 11.3. The standard InChI is InChI=1S/C14H11N3O2/c18-12-8-11(16-9-4-2-1-3-5-9)14(19)13-10(12)6-7-15-17-13/h1-8,15-17H. The van der Waals surface area contributed by atoms with Crippen LogP contribution >= 0.6 is 0 Å². The van der Waals surface area contributed by atoms with Gasteiger partial charge < -0.3 is 10.4 Å². The second-order valence-electron chi connectivity index (χ2n) is 4.13. The molecule has 0 saturated carbocycles. The Labute approximate surface area is 107 Å². The van der Waals surface area contributed by atoms with Gasteiger partial charge in [-0.1, -0.05) is 18.2 Å². The van der Waals surface area contributed by atoms with Gasteiger partial charge in [-0.15, -0.1) is 0 Å². The maximum atomic E-state index is 12.2. The van der Waals surface area contributed by atoms with Crippen LogP contribution in [0.2, 0.25) is 0 Å². The van der Waals surface area contributed by atoms with Crippen molar-refractivity contribution < 1.29 is 0 Å². The van der Waals surface area contributed by atoms with E-state index in [1.165, 1.54) is 6.07 Å². The monoisotopic (exact) mass is 253 g/mol. The second-order valence-corrected chi connectivity index (χ2v) is 4.13. The molecule has 0 unspecified atom stereocenters. The number of aromatic nitrogens is 2. The fourth-order valence-corrected chi connectivity index (χ4v) is 1.95. The van der Waals surface area contributed by atoms with Crippen LogP contribution in [-0.4, -0.2) is 10.2 Å². The summed E-state index contributed by atoms with van der Waals surface area (Å²) in [6.07, 6.45) is 1.58. The van der Waals surface area contributed by atoms with Gasteiger partial charge in [0.1, 0.15) is 5.35 Å². The first-order valence-corrected chi connectivity index (χ1v) is 5.81. The van der Waals surface area contributed by atoms with Crippen molar-refractivity contribution in [2.45, 2.75) is 0 Å². The molecule has 0 amide bonds. The molecule has 0 aromatic heterocycles. The van der Waals surface area contributed by atoms with Gasteiger partial charge in [-0.2, -0.15) is 0 Å². The molecule has 0 fully saturated rings. The molecule has 5 heteroatoms. The van der Waals surface area contributed by atoms with Crippen molar-refractivity contribution in [2.24, 2.45) is 0 Å². The van der Waals surface area contributed by atoms with E-state index in [9.17, 15) is 9.59 Å². The van der Waals surface area contributed by atoms with Crippen LogP contribution in [-0.2, 0) is 0 Å². The first-order chi connectivity index (χ1) is 9.25. The molecule has 19 heavy (non-hydrogen) atoms. The van der Waals surface area contributed by atoms with Crippen molar-refractivity contribution in [3.63, 3.8) is 0 Å². The Kier molecular flexibility index (Phi) is 2.64. The molecule has 1 aromatic rings. The average Bonchev–Trinajstić information content (AvgIpc) is 2.46. The lowest BCUT2D eigenvalue weighted by molar-refractivity contribution is 0.972.